The summed E-state index contributed by atoms with van der Waals surface area (Å²) in [6, 6.07) is 37.9. The predicted molar refractivity (Wildman–Crippen MR) is 353 cm³/mol. The number of para-hydroxylation sites is 5. The molecule has 0 saturated carbocycles. The summed E-state index contributed by atoms with van der Waals surface area (Å²) in [5.74, 6) is -0.867. The molecule has 0 aliphatic carbocycles. The molecule has 5 aromatic carbocycles. The number of fused-ring (bicyclic) bond motifs is 5. The third-order valence-electron chi connectivity index (χ3n) is 16.8. The number of anilines is 3. The Morgan fingerprint density at radius 2 is 0.726 bits per heavy atom. The van der Waals surface area contributed by atoms with Gasteiger partial charge in [-0.15, -0.1) is 0 Å². The zero-order valence-electron chi connectivity index (χ0n) is 53.2. The van der Waals surface area contributed by atoms with Crippen molar-refractivity contribution in [2.45, 2.75) is 137 Å². The molecule has 7 amide bonds. The molecule has 6 atom stereocenters. The van der Waals surface area contributed by atoms with Gasteiger partial charge >= 0.3 is 11.7 Å². The van der Waals surface area contributed by atoms with Crippen molar-refractivity contribution < 1.29 is 57.8 Å². The first kappa shape index (κ1) is 63.8. The molecule has 0 saturated heterocycles. The number of rotatable bonds is 6. The normalized spacial score (nSPS) is 22.8. The molecule has 0 fully saturated rings. The van der Waals surface area contributed by atoms with Crippen LogP contribution in [-0.2, 0) is 69.7 Å². The van der Waals surface area contributed by atoms with Crippen molar-refractivity contribution in [3.8, 4) is 0 Å². The Balaban J connectivity index is 0.000000109. The minimum atomic E-state index is -0.609. The number of allylic oxidation sites excluding steroid dienone is 1. The number of carbonyl (C=O) groups is 6. The third-order valence-corrected chi connectivity index (χ3v) is 16.8. The Bertz CT molecular complexity index is 4140. The van der Waals surface area contributed by atoms with Crippen LogP contribution in [0.4, 0.5) is 21.9 Å². The van der Waals surface area contributed by atoms with Gasteiger partial charge in [0.05, 0.1) is 86.9 Å². The highest BCUT2D eigenvalue weighted by molar-refractivity contribution is 6.35. The maximum atomic E-state index is 12.2. The predicted octanol–water partition coefficient (Wildman–Crippen LogP) is 9.26. The molecule has 6 aromatic rings. The molecule has 95 heavy (non-hydrogen) atoms. The zero-order chi connectivity index (χ0) is 66.8. The summed E-state index contributed by atoms with van der Waals surface area (Å²) in [7, 11) is 1.77. The van der Waals surface area contributed by atoms with Crippen LogP contribution in [-0.4, -0.2) is 126 Å². The average molecular weight is 1290 g/mol. The summed E-state index contributed by atoms with van der Waals surface area (Å²) in [5.41, 5.74) is 15.6. The van der Waals surface area contributed by atoms with E-state index >= 15 is 0 Å². The van der Waals surface area contributed by atoms with Gasteiger partial charge in [-0.05, 0) is 101 Å². The fourth-order valence-electron chi connectivity index (χ4n) is 12.3. The number of hydrogen-bond donors (Lipinski definition) is 0. The van der Waals surface area contributed by atoms with Gasteiger partial charge in [-0.1, -0.05) is 116 Å². The number of carbonyl (C=O) groups excluding carboxylic acids is 6. The number of imidazole rings is 1. The smallest absolute Gasteiger partial charge is 0.353 e. The topological polar surface area (TPSA) is 287 Å². The first-order chi connectivity index (χ1) is 45.8. The Morgan fingerprint density at radius 3 is 1.13 bits per heavy atom. The molecule has 27 heteroatoms. The number of oxime groups is 6. The first-order valence-electron chi connectivity index (χ1n) is 30.9. The number of imide groups is 2. The quantitative estimate of drug-likeness (QED) is 0.140. The molecule has 12 heterocycles. The van der Waals surface area contributed by atoms with Gasteiger partial charge in [0.15, 0.2) is 0 Å². The van der Waals surface area contributed by atoms with E-state index < -0.39 is 24.4 Å². The average Bonchev–Trinajstić information content (AvgIpc) is 1.62. The van der Waals surface area contributed by atoms with Crippen molar-refractivity contribution in [3.05, 3.63) is 172 Å². The minimum Gasteiger partial charge on any atom is -0.370 e. The van der Waals surface area contributed by atoms with Crippen molar-refractivity contribution in [1.82, 2.24) is 18.9 Å². The Labute approximate surface area is 545 Å². The second kappa shape index (κ2) is 27.1. The van der Waals surface area contributed by atoms with Crippen molar-refractivity contribution in [2.75, 3.05) is 14.7 Å². The molecule has 0 N–H and O–H groups in total. The van der Waals surface area contributed by atoms with Crippen LogP contribution >= 0.6 is 0 Å². The number of nitrogens with zero attached hydrogens (tertiary/aromatic N) is 14. The Hall–Kier alpha value is -11.4. The van der Waals surface area contributed by atoms with E-state index in [2.05, 4.69) is 65.6 Å². The molecule has 488 valence electrons. The van der Waals surface area contributed by atoms with E-state index in [1.807, 2.05) is 107 Å². The van der Waals surface area contributed by atoms with Crippen molar-refractivity contribution in [2.24, 2.45) is 43.0 Å². The van der Waals surface area contributed by atoms with Gasteiger partial charge in [0.2, 0.25) is 49.2 Å². The van der Waals surface area contributed by atoms with Crippen LogP contribution in [0.15, 0.2) is 174 Å². The van der Waals surface area contributed by atoms with Crippen LogP contribution in [0.3, 0.4) is 0 Å². The monoisotopic (exact) mass is 1290 g/mol. The first-order valence-corrected chi connectivity index (χ1v) is 30.9. The lowest BCUT2D eigenvalue weighted by Gasteiger charge is -2.25. The SMILES string of the molecule is C=C1Cc2ccccc2N1C1CC(C)=NO1.CC1=NOC(N2C(=O)C=NC2=O)C1.CC1=NOC(N2C(=O)Cc3ccccc32)C1.CC1=NOC(N2C(=O)Cc3ccccc32)C1.CC1=NOC(N2C(=O)c3ccccc3C2=O)C1.CC1=NOC(n2c(=O)n(C)c3ccccc32)C1. The van der Waals surface area contributed by atoms with Crippen LogP contribution in [0, 0.1) is 0 Å². The van der Waals surface area contributed by atoms with E-state index in [1.54, 1.807) is 64.1 Å². The number of benzene rings is 5. The van der Waals surface area contributed by atoms with E-state index in [0.29, 0.717) is 56.1 Å². The maximum Gasteiger partial charge on any atom is 0.353 e. The number of aryl methyl sites for hydroxylation is 1. The highest BCUT2D eigenvalue weighted by atomic mass is 16.7. The largest absolute Gasteiger partial charge is 0.370 e. The van der Waals surface area contributed by atoms with Gasteiger partial charge in [0, 0.05) is 63.4 Å². The van der Waals surface area contributed by atoms with Gasteiger partial charge in [-0.3, -0.25) is 42.9 Å². The molecule has 11 aliphatic heterocycles. The number of aromatic nitrogens is 2. The van der Waals surface area contributed by atoms with Crippen molar-refractivity contribution in [3.63, 3.8) is 0 Å². The standard InChI is InChI=1S/C13H14N2O.C12H13N3O2.C12H10N2O3.2C12H12N2O2.C7H7N3O3/c1-9-7-13(16-14-9)15-10(2)8-11-5-3-4-6-12(11)15;1-8-7-11(17-13-8)15-10-6-4-3-5-9(10)14(2)12(15)16;1-7-6-10(17-13-7)14-11(15)8-4-2-3-5-9(8)12(14)16;2*1-8-6-12(16-13-8)14-10-5-3-2-4-9(10)7-11(14)15;1-4-2-6(13-9-4)10-5(11)3-8-7(10)12/h3-6,13H,2,7-8H2,1H3;3-6,11H,7H2,1-2H3;2-5,10H,6H2,1H3;2*2-5,12H,6-7H2,1H3;3,6H,2H2,1H3. The third kappa shape index (κ3) is 13.1. The van der Waals surface area contributed by atoms with E-state index in [4.69, 9.17) is 29.0 Å². The molecule has 11 aliphatic rings. The Kier molecular flexibility index (Phi) is 18.2. The van der Waals surface area contributed by atoms with E-state index in [1.165, 1.54) is 11.3 Å². The molecule has 1 aromatic heterocycles. The van der Waals surface area contributed by atoms with Crippen LogP contribution in [0.1, 0.15) is 124 Å². The molecule has 27 nitrogen and oxygen atoms in total. The fraction of sp³-hybridized carbons (Fsp3) is 0.324. The van der Waals surface area contributed by atoms with Gasteiger partial charge in [-0.25, -0.2) is 19.4 Å². The van der Waals surface area contributed by atoms with Gasteiger partial charge < -0.3 is 33.9 Å². The zero-order valence-corrected chi connectivity index (χ0v) is 53.2. The van der Waals surface area contributed by atoms with Gasteiger partial charge in [0.25, 0.3) is 17.7 Å². The molecule has 0 radical (unpaired) electrons. The molecule has 17 rings (SSSR count). The number of urea groups is 1. The van der Waals surface area contributed by atoms with Crippen LogP contribution in [0.25, 0.3) is 11.0 Å². The van der Waals surface area contributed by atoms with Crippen LogP contribution in [0.5, 0.6) is 0 Å². The molecule has 0 bridgehead atoms. The van der Waals surface area contributed by atoms with E-state index in [-0.39, 0.29) is 54.2 Å². The highest BCUT2D eigenvalue weighted by Gasteiger charge is 2.44. The van der Waals surface area contributed by atoms with Gasteiger partial charge in [0.1, 0.15) is 0 Å². The Morgan fingerprint density at radius 1 is 0.389 bits per heavy atom. The second-order valence-electron chi connectivity index (χ2n) is 23.9. The molecule has 6 unspecified atom stereocenters. The minimum absolute atomic E-state index is 0.00356. The summed E-state index contributed by atoms with van der Waals surface area (Å²) in [4.78, 5) is 125. The maximum absolute atomic E-state index is 12.2. The lowest BCUT2D eigenvalue weighted by molar-refractivity contribution is -0.129. The molecular formula is C68H68N14O13. The summed E-state index contributed by atoms with van der Waals surface area (Å²) < 4.78 is 3.29. The number of hydrogen-bond acceptors (Lipinski definition) is 20. The van der Waals surface area contributed by atoms with Crippen molar-refractivity contribution >= 4 is 104 Å². The summed E-state index contributed by atoms with van der Waals surface area (Å²) in [6.45, 7) is 15.4. The van der Waals surface area contributed by atoms with Crippen molar-refractivity contribution in [1.29, 1.82) is 0 Å². The van der Waals surface area contributed by atoms with Crippen LogP contribution < -0.4 is 20.4 Å². The number of aliphatic imine (C=N–C) groups is 1. The molecular weight excluding hydrogens is 1220 g/mol. The summed E-state index contributed by atoms with van der Waals surface area (Å²) in [5, 5.41) is 23.1. The summed E-state index contributed by atoms with van der Waals surface area (Å²) in [6.07, 6.45) is 4.65. The van der Waals surface area contributed by atoms with E-state index in [9.17, 15) is 33.6 Å². The van der Waals surface area contributed by atoms with Gasteiger partial charge in [-0.2, -0.15) is 4.99 Å². The lowest BCUT2D eigenvalue weighted by Crippen LogP contribution is -2.40. The second-order valence-corrected chi connectivity index (χ2v) is 23.9. The van der Waals surface area contributed by atoms with Crippen LogP contribution in [0.2, 0.25) is 0 Å². The highest BCUT2D eigenvalue weighted by Crippen LogP contribution is 2.39. The molecule has 0 spiro atoms. The van der Waals surface area contributed by atoms with E-state index in [0.717, 1.165) is 102 Å². The summed E-state index contributed by atoms with van der Waals surface area (Å²) >= 11 is 0. The lowest BCUT2D eigenvalue weighted by atomic mass is 10.1. The number of amides is 7. The fourth-order valence-corrected chi connectivity index (χ4v) is 12.3.